The molecule has 98 valence electrons. The largest absolute Gasteiger partial charge is 0.383 e. The third-order valence-corrected chi connectivity index (χ3v) is 2.74. The number of likely N-dealkylation sites (N-methyl/N-ethyl adjacent to an activating group) is 2. The summed E-state index contributed by atoms with van der Waals surface area (Å²) in [5.74, 6) is 1.02. The Morgan fingerprint density at radius 2 is 2.29 bits per heavy atom. The first-order valence-electron chi connectivity index (χ1n) is 6.13. The van der Waals surface area contributed by atoms with Crippen LogP contribution in [0, 0.1) is 0 Å². The average Bonchev–Trinajstić information content (AvgIpc) is 2.76. The van der Waals surface area contributed by atoms with Crippen molar-refractivity contribution < 1.29 is 4.74 Å². The molecule has 0 bridgehead atoms. The van der Waals surface area contributed by atoms with E-state index in [-0.39, 0.29) is 0 Å². The molecule has 1 rings (SSSR count). The molecule has 0 aliphatic rings. The van der Waals surface area contributed by atoms with Crippen LogP contribution in [0.2, 0.25) is 0 Å². The summed E-state index contributed by atoms with van der Waals surface area (Å²) in [5.41, 5.74) is 1.13. The van der Waals surface area contributed by atoms with Crippen LogP contribution >= 0.6 is 0 Å². The number of aryl methyl sites for hydroxylation is 1. The topological polar surface area (TPSA) is 42.3 Å². The first-order chi connectivity index (χ1) is 8.22. The van der Waals surface area contributed by atoms with Gasteiger partial charge in [-0.1, -0.05) is 6.92 Å². The summed E-state index contributed by atoms with van der Waals surface area (Å²) in [5, 5.41) is 3.15. The van der Waals surface area contributed by atoms with Crippen molar-refractivity contribution in [2.75, 3.05) is 45.8 Å². The second-order valence-electron chi connectivity index (χ2n) is 4.10. The molecule has 1 aromatic rings. The lowest BCUT2D eigenvalue weighted by atomic mass is 10.4. The molecule has 0 atom stereocenters. The van der Waals surface area contributed by atoms with Gasteiger partial charge in [-0.05, 0) is 13.5 Å². The molecule has 17 heavy (non-hydrogen) atoms. The van der Waals surface area contributed by atoms with Crippen LogP contribution in [0.3, 0.4) is 0 Å². The van der Waals surface area contributed by atoms with E-state index < -0.39 is 0 Å². The van der Waals surface area contributed by atoms with Gasteiger partial charge in [-0.15, -0.1) is 0 Å². The third kappa shape index (κ3) is 4.02. The molecule has 0 fully saturated rings. The normalized spacial score (nSPS) is 10.8. The number of imidazole rings is 1. The second kappa shape index (κ2) is 7.29. The van der Waals surface area contributed by atoms with Crippen molar-refractivity contribution in [1.29, 1.82) is 0 Å². The van der Waals surface area contributed by atoms with Gasteiger partial charge in [-0.2, -0.15) is 0 Å². The molecule has 0 saturated heterocycles. The van der Waals surface area contributed by atoms with E-state index in [1.54, 1.807) is 7.11 Å². The van der Waals surface area contributed by atoms with Crippen molar-refractivity contribution >= 4 is 5.95 Å². The highest BCUT2D eigenvalue weighted by molar-refractivity contribution is 5.32. The van der Waals surface area contributed by atoms with Crippen LogP contribution < -0.4 is 10.2 Å². The minimum atomic E-state index is 0.715. The molecule has 1 aromatic heterocycles. The van der Waals surface area contributed by atoms with Crippen LogP contribution in [0.5, 0.6) is 0 Å². The van der Waals surface area contributed by atoms with E-state index in [1.807, 2.05) is 7.05 Å². The summed E-state index contributed by atoms with van der Waals surface area (Å²) >= 11 is 0. The monoisotopic (exact) mass is 240 g/mol. The molecule has 0 aliphatic carbocycles. The van der Waals surface area contributed by atoms with Crippen molar-refractivity contribution in [2.24, 2.45) is 0 Å². The number of methoxy groups -OCH3 is 1. The SMILES string of the molecule is CCc1cn(CCOC)c(N(C)CCNC)n1. The molecule has 1 heterocycles. The number of nitrogens with one attached hydrogen (secondary N) is 1. The molecule has 0 radical (unpaired) electrons. The smallest absolute Gasteiger partial charge is 0.205 e. The fraction of sp³-hybridized carbons (Fsp3) is 0.750. The van der Waals surface area contributed by atoms with Crippen LogP contribution in [0.25, 0.3) is 0 Å². The van der Waals surface area contributed by atoms with Crippen molar-refractivity contribution in [2.45, 2.75) is 19.9 Å². The quantitative estimate of drug-likeness (QED) is 0.728. The molecule has 0 amide bonds. The lowest BCUT2D eigenvalue weighted by molar-refractivity contribution is 0.187. The lowest BCUT2D eigenvalue weighted by Gasteiger charge is -2.19. The van der Waals surface area contributed by atoms with Crippen molar-refractivity contribution in [3.8, 4) is 0 Å². The van der Waals surface area contributed by atoms with Gasteiger partial charge in [0.15, 0.2) is 0 Å². The summed E-state index contributed by atoms with van der Waals surface area (Å²) in [6.07, 6.45) is 3.08. The number of aromatic nitrogens is 2. The highest BCUT2D eigenvalue weighted by Gasteiger charge is 2.10. The summed E-state index contributed by atoms with van der Waals surface area (Å²) in [7, 11) is 5.76. The Hall–Kier alpha value is -1.07. The van der Waals surface area contributed by atoms with Gasteiger partial charge in [-0.25, -0.2) is 4.98 Å². The van der Waals surface area contributed by atoms with E-state index in [9.17, 15) is 0 Å². The van der Waals surface area contributed by atoms with Gasteiger partial charge in [0.1, 0.15) is 0 Å². The number of nitrogens with zero attached hydrogens (tertiary/aromatic N) is 3. The van der Waals surface area contributed by atoms with Gasteiger partial charge < -0.3 is 19.5 Å². The summed E-state index contributed by atoms with van der Waals surface area (Å²) in [6.45, 7) is 5.59. The van der Waals surface area contributed by atoms with Gasteiger partial charge >= 0.3 is 0 Å². The zero-order valence-electron chi connectivity index (χ0n) is 11.4. The Labute approximate surface area is 104 Å². The van der Waals surface area contributed by atoms with E-state index in [2.05, 4.69) is 39.9 Å². The minimum absolute atomic E-state index is 0.715. The molecule has 5 heteroatoms. The summed E-state index contributed by atoms with van der Waals surface area (Å²) in [6, 6.07) is 0. The zero-order valence-corrected chi connectivity index (χ0v) is 11.4. The second-order valence-corrected chi connectivity index (χ2v) is 4.10. The number of hydrogen-bond acceptors (Lipinski definition) is 4. The van der Waals surface area contributed by atoms with Crippen molar-refractivity contribution in [3.05, 3.63) is 11.9 Å². The maximum Gasteiger partial charge on any atom is 0.205 e. The third-order valence-electron chi connectivity index (χ3n) is 2.74. The number of anilines is 1. The molecule has 5 nitrogen and oxygen atoms in total. The van der Waals surface area contributed by atoms with E-state index >= 15 is 0 Å². The fourth-order valence-electron chi connectivity index (χ4n) is 1.67. The Bertz CT molecular complexity index is 324. The van der Waals surface area contributed by atoms with Crippen molar-refractivity contribution in [1.82, 2.24) is 14.9 Å². The highest BCUT2D eigenvalue weighted by atomic mass is 16.5. The standard InChI is InChI=1S/C12H24N4O/c1-5-11-10-16(8-9-17-4)12(14-11)15(3)7-6-13-2/h10,13H,5-9H2,1-4H3. The molecule has 0 aromatic carbocycles. The number of rotatable bonds is 8. The predicted molar refractivity (Wildman–Crippen MR) is 70.7 cm³/mol. The number of ether oxygens (including phenoxy) is 1. The Morgan fingerprint density at radius 1 is 1.53 bits per heavy atom. The highest BCUT2D eigenvalue weighted by Crippen LogP contribution is 2.13. The molecule has 1 N–H and O–H groups in total. The van der Waals surface area contributed by atoms with Gasteiger partial charge in [0.05, 0.1) is 12.3 Å². The van der Waals surface area contributed by atoms with Crippen molar-refractivity contribution in [3.63, 3.8) is 0 Å². The summed E-state index contributed by atoms with van der Waals surface area (Å²) < 4.78 is 7.29. The predicted octanol–water partition coefficient (Wildman–Crippen LogP) is 0.748. The first kappa shape index (κ1) is 14.0. The van der Waals surface area contributed by atoms with Gasteiger partial charge in [-0.3, -0.25) is 0 Å². The van der Waals surface area contributed by atoms with E-state index in [0.717, 1.165) is 37.7 Å². The molecule has 0 aliphatic heterocycles. The molecule has 0 spiro atoms. The van der Waals surface area contributed by atoms with Gasteiger partial charge in [0.25, 0.3) is 0 Å². The number of hydrogen-bond donors (Lipinski definition) is 1. The molecular weight excluding hydrogens is 216 g/mol. The average molecular weight is 240 g/mol. The Balaban J connectivity index is 2.75. The Kier molecular flexibility index (Phi) is 6.00. The minimum Gasteiger partial charge on any atom is -0.383 e. The van der Waals surface area contributed by atoms with Crippen LogP contribution in [-0.4, -0.2) is 50.5 Å². The molecular formula is C12H24N4O. The van der Waals surface area contributed by atoms with E-state index in [4.69, 9.17) is 4.74 Å². The molecule has 0 unspecified atom stereocenters. The lowest BCUT2D eigenvalue weighted by Crippen LogP contribution is -2.29. The maximum absolute atomic E-state index is 5.13. The molecule has 0 saturated carbocycles. The first-order valence-corrected chi connectivity index (χ1v) is 6.13. The van der Waals surface area contributed by atoms with Gasteiger partial charge in [0, 0.05) is 40.0 Å². The van der Waals surface area contributed by atoms with Gasteiger partial charge in [0.2, 0.25) is 5.95 Å². The maximum atomic E-state index is 5.13. The van der Waals surface area contributed by atoms with E-state index in [0.29, 0.717) is 6.61 Å². The van der Waals surface area contributed by atoms with Crippen LogP contribution in [0.15, 0.2) is 6.20 Å². The summed E-state index contributed by atoms with van der Waals surface area (Å²) in [4.78, 5) is 6.81. The Morgan fingerprint density at radius 3 is 2.88 bits per heavy atom. The fourth-order valence-corrected chi connectivity index (χ4v) is 1.67. The van der Waals surface area contributed by atoms with Crippen LogP contribution in [0.4, 0.5) is 5.95 Å². The zero-order chi connectivity index (χ0) is 12.7. The van der Waals surface area contributed by atoms with E-state index in [1.165, 1.54) is 0 Å². The van der Waals surface area contributed by atoms with Crippen LogP contribution in [0.1, 0.15) is 12.6 Å². The van der Waals surface area contributed by atoms with Crippen LogP contribution in [-0.2, 0) is 17.7 Å².